The van der Waals surface area contributed by atoms with Crippen molar-refractivity contribution in [2.24, 2.45) is 5.73 Å². The highest BCUT2D eigenvalue weighted by Crippen LogP contribution is 2.38. The standard InChI is InChI=1S/C22H25N7OS/c23-8-7-20(24)29-22-18(14-25-29)17(13-21(26-22)28-9-11-30-12-10-28)16-3-1-2-4-19(16)31-27-15-5-6-15/h1-4,7-8,13-15,23,27H,5-6,9-12,24H2/b20-7+,23-8?. The Bertz CT molecular complexity index is 1130. The number of benzene rings is 1. The first-order chi connectivity index (χ1) is 15.2. The minimum Gasteiger partial charge on any atom is -0.384 e. The van der Waals surface area contributed by atoms with Gasteiger partial charge in [-0.25, -0.2) is 4.98 Å². The van der Waals surface area contributed by atoms with Crippen LogP contribution in [0.3, 0.4) is 0 Å². The molecule has 2 aliphatic rings. The van der Waals surface area contributed by atoms with Gasteiger partial charge in [0.25, 0.3) is 0 Å². The SMILES string of the molecule is N=C/C=C(\N)n1ncc2c(-c3ccccc3SNC3CC3)cc(N3CCOCC3)nc21. The van der Waals surface area contributed by atoms with Crippen molar-refractivity contribution in [3.63, 3.8) is 0 Å². The van der Waals surface area contributed by atoms with Crippen LogP contribution in [0.15, 0.2) is 47.5 Å². The molecule has 5 rings (SSSR count). The first kappa shape index (κ1) is 20.0. The lowest BCUT2D eigenvalue weighted by molar-refractivity contribution is 0.122. The minimum absolute atomic E-state index is 0.362. The number of nitrogens with one attached hydrogen (secondary N) is 2. The van der Waals surface area contributed by atoms with E-state index in [2.05, 4.69) is 45.1 Å². The molecule has 4 N–H and O–H groups in total. The van der Waals surface area contributed by atoms with E-state index in [9.17, 15) is 0 Å². The number of pyridine rings is 1. The Labute approximate surface area is 185 Å². The number of hydrogen-bond acceptors (Lipinski definition) is 8. The zero-order valence-corrected chi connectivity index (χ0v) is 17.9. The van der Waals surface area contributed by atoms with Gasteiger partial charge in [-0.05, 0) is 54.1 Å². The molecule has 2 aromatic heterocycles. The number of anilines is 1. The second-order valence-electron chi connectivity index (χ2n) is 7.67. The highest BCUT2D eigenvalue weighted by atomic mass is 32.2. The maximum Gasteiger partial charge on any atom is 0.167 e. The van der Waals surface area contributed by atoms with Crippen LogP contribution in [0.5, 0.6) is 0 Å². The molecule has 160 valence electrons. The molecule has 0 radical (unpaired) electrons. The fourth-order valence-corrected chi connectivity index (χ4v) is 4.60. The molecular formula is C22H25N7OS. The maximum atomic E-state index is 7.36. The average Bonchev–Trinajstić information content (AvgIpc) is 3.54. The van der Waals surface area contributed by atoms with Gasteiger partial charge in [-0.2, -0.15) is 9.78 Å². The molecule has 2 fully saturated rings. The summed E-state index contributed by atoms with van der Waals surface area (Å²) in [5, 5.41) is 12.8. The Morgan fingerprint density at radius 3 is 2.81 bits per heavy atom. The van der Waals surface area contributed by atoms with Crippen molar-refractivity contribution in [1.29, 1.82) is 5.41 Å². The van der Waals surface area contributed by atoms with E-state index >= 15 is 0 Å². The summed E-state index contributed by atoms with van der Waals surface area (Å²) < 4.78 is 10.7. The van der Waals surface area contributed by atoms with E-state index in [-0.39, 0.29) is 0 Å². The van der Waals surface area contributed by atoms with Crippen LogP contribution in [0.4, 0.5) is 5.82 Å². The van der Waals surface area contributed by atoms with Crippen molar-refractivity contribution in [2.45, 2.75) is 23.8 Å². The van der Waals surface area contributed by atoms with Gasteiger partial charge in [0, 0.05) is 35.6 Å². The lowest BCUT2D eigenvalue weighted by Gasteiger charge is -2.28. The number of aromatic nitrogens is 3. The summed E-state index contributed by atoms with van der Waals surface area (Å²) in [5.74, 6) is 1.24. The summed E-state index contributed by atoms with van der Waals surface area (Å²) in [7, 11) is 0. The maximum absolute atomic E-state index is 7.36. The van der Waals surface area contributed by atoms with E-state index in [1.165, 1.54) is 23.8 Å². The molecule has 1 saturated heterocycles. The van der Waals surface area contributed by atoms with Crippen molar-refractivity contribution in [3.8, 4) is 11.1 Å². The van der Waals surface area contributed by atoms with Crippen LogP contribution in [0, 0.1) is 5.41 Å². The Balaban J connectivity index is 1.66. The smallest absolute Gasteiger partial charge is 0.167 e. The summed E-state index contributed by atoms with van der Waals surface area (Å²) in [6.07, 6.45) is 6.95. The lowest BCUT2D eigenvalue weighted by Crippen LogP contribution is -2.36. The highest BCUT2D eigenvalue weighted by Gasteiger charge is 2.23. The fourth-order valence-electron chi connectivity index (χ4n) is 3.64. The number of rotatable bonds is 7. The predicted octanol–water partition coefficient (Wildman–Crippen LogP) is 3.10. The van der Waals surface area contributed by atoms with E-state index in [1.807, 2.05) is 0 Å². The summed E-state index contributed by atoms with van der Waals surface area (Å²) >= 11 is 1.69. The summed E-state index contributed by atoms with van der Waals surface area (Å²) in [4.78, 5) is 8.32. The van der Waals surface area contributed by atoms with Gasteiger partial charge in [0.15, 0.2) is 5.65 Å². The molecule has 0 unspecified atom stereocenters. The van der Waals surface area contributed by atoms with Gasteiger partial charge in [0.1, 0.15) is 11.6 Å². The van der Waals surface area contributed by atoms with Crippen LogP contribution in [0.25, 0.3) is 28.0 Å². The number of fused-ring (bicyclic) bond motifs is 1. The molecule has 0 amide bonds. The third kappa shape index (κ3) is 4.16. The minimum atomic E-state index is 0.362. The van der Waals surface area contributed by atoms with E-state index in [0.717, 1.165) is 41.6 Å². The van der Waals surface area contributed by atoms with Gasteiger partial charge in [-0.1, -0.05) is 18.2 Å². The highest BCUT2D eigenvalue weighted by molar-refractivity contribution is 7.97. The second-order valence-corrected chi connectivity index (χ2v) is 8.55. The van der Waals surface area contributed by atoms with E-state index in [1.54, 1.807) is 22.8 Å². The van der Waals surface area contributed by atoms with Crippen molar-refractivity contribution >= 4 is 40.8 Å². The molecule has 31 heavy (non-hydrogen) atoms. The van der Waals surface area contributed by atoms with Crippen LogP contribution < -0.4 is 15.4 Å². The van der Waals surface area contributed by atoms with Gasteiger partial charge in [0.05, 0.1) is 19.4 Å². The van der Waals surface area contributed by atoms with E-state index in [4.69, 9.17) is 20.9 Å². The molecule has 0 bridgehead atoms. The van der Waals surface area contributed by atoms with Gasteiger partial charge in [-0.15, -0.1) is 0 Å². The largest absolute Gasteiger partial charge is 0.384 e. The first-order valence-electron chi connectivity index (χ1n) is 10.4. The average molecular weight is 436 g/mol. The summed E-state index contributed by atoms with van der Waals surface area (Å²) in [6, 6.07) is 11.2. The predicted molar refractivity (Wildman–Crippen MR) is 125 cm³/mol. The molecule has 1 saturated carbocycles. The molecule has 3 aromatic rings. The van der Waals surface area contributed by atoms with Gasteiger partial charge >= 0.3 is 0 Å². The quantitative estimate of drug-likeness (QED) is 0.387. The molecular weight excluding hydrogens is 410 g/mol. The lowest BCUT2D eigenvalue weighted by atomic mass is 10.0. The Kier molecular flexibility index (Phi) is 5.63. The zero-order chi connectivity index (χ0) is 21.2. The van der Waals surface area contributed by atoms with Crippen LogP contribution in [-0.2, 0) is 4.74 Å². The van der Waals surface area contributed by atoms with Crippen LogP contribution in [0.2, 0.25) is 0 Å². The Morgan fingerprint density at radius 2 is 2.03 bits per heavy atom. The number of allylic oxidation sites excluding steroid dienone is 1. The number of hydrogen-bond donors (Lipinski definition) is 3. The molecule has 3 heterocycles. The molecule has 0 spiro atoms. The Morgan fingerprint density at radius 1 is 1.23 bits per heavy atom. The number of ether oxygens (including phenoxy) is 1. The topological polar surface area (TPSA) is 105 Å². The number of nitrogens with zero attached hydrogens (tertiary/aromatic N) is 4. The number of morpholine rings is 1. The van der Waals surface area contributed by atoms with Gasteiger partial charge in [-0.3, -0.25) is 4.72 Å². The van der Waals surface area contributed by atoms with E-state index < -0.39 is 0 Å². The molecule has 1 aliphatic carbocycles. The molecule has 0 atom stereocenters. The second kappa shape index (κ2) is 8.70. The van der Waals surface area contributed by atoms with Crippen LogP contribution in [-0.4, -0.2) is 53.3 Å². The van der Waals surface area contributed by atoms with Crippen molar-refractivity contribution in [1.82, 2.24) is 19.5 Å². The summed E-state index contributed by atoms with van der Waals surface area (Å²) in [6.45, 7) is 2.94. The van der Waals surface area contributed by atoms with Crippen molar-refractivity contribution in [3.05, 3.63) is 42.6 Å². The van der Waals surface area contributed by atoms with E-state index in [0.29, 0.717) is 30.7 Å². The van der Waals surface area contributed by atoms with Crippen molar-refractivity contribution < 1.29 is 4.74 Å². The normalized spacial score (nSPS) is 17.3. The third-order valence-electron chi connectivity index (χ3n) is 5.45. The molecule has 9 heteroatoms. The monoisotopic (exact) mass is 435 g/mol. The fraction of sp³-hybridized carbons (Fsp3) is 0.318. The molecule has 1 aliphatic heterocycles. The number of nitrogens with two attached hydrogens (primary N) is 1. The third-order valence-corrected chi connectivity index (χ3v) is 6.48. The van der Waals surface area contributed by atoms with Gasteiger partial charge in [0.2, 0.25) is 0 Å². The first-order valence-corrected chi connectivity index (χ1v) is 11.3. The van der Waals surface area contributed by atoms with Crippen LogP contribution >= 0.6 is 11.9 Å². The van der Waals surface area contributed by atoms with Gasteiger partial charge < -0.3 is 20.8 Å². The molecule has 1 aromatic carbocycles. The molecule has 8 nitrogen and oxygen atoms in total. The summed E-state index contributed by atoms with van der Waals surface area (Å²) in [5.41, 5.74) is 9.06. The zero-order valence-electron chi connectivity index (χ0n) is 17.1. The van der Waals surface area contributed by atoms with Crippen molar-refractivity contribution in [2.75, 3.05) is 31.2 Å². The Hall–Kier alpha value is -2.88. The van der Waals surface area contributed by atoms with Crippen LogP contribution in [0.1, 0.15) is 12.8 Å².